The first-order chi connectivity index (χ1) is 14.5. The molecule has 1 N–H and O–H groups in total. The summed E-state index contributed by atoms with van der Waals surface area (Å²) in [6.07, 6.45) is 0. The van der Waals surface area contributed by atoms with Crippen LogP contribution < -0.4 is 5.32 Å². The zero-order valence-electron chi connectivity index (χ0n) is 16.6. The van der Waals surface area contributed by atoms with E-state index in [0.29, 0.717) is 54.2 Å². The Hall–Kier alpha value is -3.52. The fourth-order valence-corrected chi connectivity index (χ4v) is 3.47. The van der Waals surface area contributed by atoms with Crippen LogP contribution in [0.2, 0.25) is 0 Å². The molecule has 2 amide bonds. The van der Waals surface area contributed by atoms with Gasteiger partial charge in [0.15, 0.2) is 11.5 Å². The van der Waals surface area contributed by atoms with Crippen molar-refractivity contribution in [2.45, 2.75) is 13.5 Å². The lowest BCUT2D eigenvalue weighted by molar-refractivity contribution is -0.116. The van der Waals surface area contributed by atoms with Crippen LogP contribution in [0.15, 0.2) is 48.5 Å². The van der Waals surface area contributed by atoms with Crippen LogP contribution in [0.4, 0.5) is 5.69 Å². The molecule has 0 aliphatic carbocycles. The van der Waals surface area contributed by atoms with Crippen molar-refractivity contribution >= 4 is 34.2 Å². The molecule has 1 saturated heterocycles. The van der Waals surface area contributed by atoms with Crippen LogP contribution in [0, 0.1) is 0 Å². The molecule has 0 atom stereocenters. The molecule has 0 bridgehead atoms. The molecular formula is C22H22N4O4. The Morgan fingerprint density at radius 2 is 1.83 bits per heavy atom. The molecule has 4 rings (SSSR count). The largest absolute Gasteiger partial charge is 0.378 e. The second-order valence-electron chi connectivity index (χ2n) is 7.11. The average Bonchev–Trinajstić information content (AvgIpc) is 3.12. The lowest BCUT2D eigenvalue weighted by Crippen LogP contribution is -2.41. The number of ether oxygens (including phenoxy) is 1. The van der Waals surface area contributed by atoms with Gasteiger partial charge in [0.25, 0.3) is 5.91 Å². The Morgan fingerprint density at radius 3 is 2.60 bits per heavy atom. The van der Waals surface area contributed by atoms with Gasteiger partial charge in [0, 0.05) is 29.7 Å². The van der Waals surface area contributed by atoms with Crippen LogP contribution >= 0.6 is 0 Å². The first-order valence-electron chi connectivity index (χ1n) is 9.76. The number of carbonyl (C=O) groups excluding carboxylic acids is 3. The number of anilines is 1. The van der Waals surface area contributed by atoms with Crippen molar-refractivity contribution in [3.05, 3.63) is 59.8 Å². The zero-order chi connectivity index (χ0) is 21.1. The number of hydrogen-bond donors (Lipinski definition) is 1. The van der Waals surface area contributed by atoms with Crippen molar-refractivity contribution in [3.63, 3.8) is 0 Å². The number of morpholine rings is 1. The Bertz CT molecular complexity index is 1120. The average molecular weight is 406 g/mol. The number of nitrogens with one attached hydrogen (secondary N) is 1. The summed E-state index contributed by atoms with van der Waals surface area (Å²) in [6, 6.07) is 14.1. The number of hydrogen-bond acceptors (Lipinski definition) is 5. The predicted octanol–water partition coefficient (Wildman–Crippen LogP) is 2.35. The quantitative estimate of drug-likeness (QED) is 0.657. The highest BCUT2D eigenvalue weighted by atomic mass is 16.5. The first-order valence-corrected chi connectivity index (χ1v) is 9.76. The third-order valence-electron chi connectivity index (χ3n) is 5.01. The summed E-state index contributed by atoms with van der Waals surface area (Å²) in [5.74, 6) is -0.535. The molecule has 1 fully saturated rings. The number of rotatable bonds is 5. The summed E-state index contributed by atoms with van der Waals surface area (Å²) in [7, 11) is 0. The third kappa shape index (κ3) is 4.08. The third-order valence-corrected chi connectivity index (χ3v) is 5.01. The molecule has 2 heterocycles. The van der Waals surface area contributed by atoms with Crippen LogP contribution in [0.5, 0.6) is 0 Å². The van der Waals surface area contributed by atoms with Crippen molar-refractivity contribution in [1.29, 1.82) is 0 Å². The van der Waals surface area contributed by atoms with Crippen molar-refractivity contribution in [1.82, 2.24) is 14.7 Å². The Balaban J connectivity index is 1.57. The normalized spacial score (nSPS) is 14.0. The maximum atomic E-state index is 13.0. The van der Waals surface area contributed by atoms with Gasteiger partial charge in [-0.3, -0.25) is 19.1 Å². The maximum absolute atomic E-state index is 13.0. The second kappa shape index (κ2) is 8.46. The fraction of sp³-hybridized carbons (Fsp3) is 0.273. The van der Waals surface area contributed by atoms with Crippen molar-refractivity contribution in [2.24, 2.45) is 0 Å². The molecule has 154 valence electrons. The fourth-order valence-electron chi connectivity index (χ4n) is 3.47. The Morgan fingerprint density at radius 1 is 1.07 bits per heavy atom. The number of Topliss-reactive ketones (excluding diaryl/α,β-unsaturated/α-hetero) is 1. The van der Waals surface area contributed by atoms with Crippen molar-refractivity contribution in [3.8, 4) is 0 Å². The van der Waals surface area contributed by atoms with Gasteiger partial charge in [0.1, 0.15) is 6.54 Å². The number of benzene rings is 2. The smallest absolute Gasteiger partial charge is 0.275 e. The number of para-hydroxylation sites is 1. The molecule has 1 aliphatic heterocycles. The van der Waals surface area contributed by atoms with Gasteiger partial charge in [-0.25, -0.2) is 0 Å². The predicted molar refractivity (Wildman–Crippen MR) is 112 cm³/mol. The summed E-state index contributed by atoms with van der Waals surface area (Å²) in [5.41, 5.74) is 2.10. The SMILES string of the molecule is CC(=O)c1cccc(NC(=O)Cn2nc(C(=O)N3CCOCC3)c3ccccc32)c1. The molecule has 1 aromatic heterocycles. The summed E-state index contributed by atoms with van der Waals surface area (Å²) >= 11 is 0. The van der Waals surface area contributed by atoms with Crippen LogP contribution in [0.1, 0.15) is 27.8 Å². The minimum atomic E-state index is -0.297. The van der Waals surface area contributed by atoms with Gasteiger partial charge in [-0.1, -0.05) is 30.3 Å². The molecule has 8 heteroatoms. The van der Waals surface area contributed by atoms with Crippen LogP contribution in [0.3, 0.4) is 0 Å². The lowest BCUT2D eigenvalue weighted by Gasteiger charge is -2.26. The highest BCUT2D eigenvalue weighted by Crippen LogP contribution is 2.21. The summed E-state index contributed by atoms with van der Waals surface area (Å²) < 4.78 is 6.85. The van der Waals surface area contributed by atoms with Crippen molar-refractivity contribution < 1.29 is 19.1 Å². The Kier molecular flexibility index (Phi) is 5.58. The van der Waals surface area contributed by atoms with Crippen LogP contribution in [-0.2, 0) is 16.1 Å². The summed E-state index contributed by atoms with van der Waals surface area (Å²) in [5, 5.41) is 7.96. The molecule has 0 saturated carbocycles. The van der Waals surface area contributed by atoms with Crippen molar-refractivity contribution in [2.75, 3.05) is 31.6 Å². The van der Waals surface area contributed by atoms with Gasteiger partial charge in [0.05, 0.1) is 18.7 Å². The van der Waals surface area contributed by atoms with E-state index in [1.807, 2.05) is 24.3 Å². The molecule has 0 unspecified atom stereocenters. The van der Waals surface area contributed by atoms with E-state index >= 15 is 0 Å². The standard InChI is InChI=1S/C22H22N4O4/c1-15(27)16-5-4-6-17(13-16)23-20(28)14-26-19-8-3-2-7-18(19)21(24-26)22(29)25-9-11-30-12-10-25/h2-8,13H,9-12,14H2,1H3,(H,23,28). The van der Waals surface area contributed by atoms with E-state index in [1.165, 1.54) is 11.6 Å². The van der Waals surface area contributed by atoms with Gasteiger partial charge in [-0.2, -0.15) is 5.10 Å². The molecule has 3 aromatic rings. The number of aromatic nitrogens is 2. The van der Waals surface area contributed by atoms with E-state index in [4.69, 9.17) is 4.74 Å². The molecule has 30 heavy (non-hydrogen) atoms. The van der Waals surface area contributed by atoms with Gasteiger partial charge in [-0.05, 0) is 25.1 Å². The number of nitrogens with zero attached hydrogens (tertiary/aromatic N) is 3. The second-order valence-corrected chi connectivity index (χ2v) is 7.11. The topological polar surface area (TPSA) is 93.5 Å². The highest BCUT2D eigenvalue weighted by Gasteiger charge is 2.24. The van der Waals surface area contributed by atoms with E-state index in [9.17, 15) is 14.4 Å². The molecule has 8 nitrogen and oxygen atoms in total. The number of carbonyl (C=O) groups is 3. The maximum Gasteiger partial charge on any atom is 0.275 e. The van der Waals surface area contributed by atoms with E-state index in [1.54, 1.807) is 29.2 Å². The van der Waals surface area contributed by atoms with Crippen LogP contribution in [-0.4, -0.2) is 58.6 Å². The number of ketones is 1. The van der Waals surface area contributed by atoms with Crippen LogP contribution in [0.25, 0.3) is 10.9 Å². The van der Waals surface area contributed by atoms with Gasteiger partial charge in [-0.15, -0.1) is 0 Å². The number of amides is 2. The van der Waals surface area contributed by atoms with E-state index in [2.05, 4.69) is 10.4 Å². The molecule has 1 aliphatic rings. The van der Waals surface area contributed by atoms with Gasteiger partial charge < -0.3 is 15.0 Å². The van der Waals surface area contributed by atoms with E-state index in [0.717, 1.165) is 0 Å². The van der Waals surface area contributed by atoms with Gasteiger partial charge >= 0.3 is 0 Å². The molecule has 0 radical (unpaired) electrons. The molecule has 2 aromatic carbocycles. The Labute approximate surface area is 173 Å². The first kappa shape index (κ1) is 19.8. The summed E-state index contributed by atoms with van der Waals surface area (Å²) in [6.45, 7) is 3.48. The van der Waals surface area contributed by atoms with E-state index in [-0.39, 0.29) is 24.1 Å². The number of fused-ring (bicyclic) bond motifs is 1. The van der Waals surface area contributed by atoms with E-state index < -0.39 is 0 Å². The minimum absolute atomic E-state index is 0.0544. The van der Waals surface area contributed by atoms with Gasteiger partial charge in [0.2, 0.25) is 5.91 Å². The zero-order valence-corrected chi connectivity index (χ0v) is 16.6. The molecular weight excluding hydrogens is 384 g/mol. The lowest BCUT2D eigenvalue weighted by atomic mass is 10.1. The minimum Gasteiger partial charge on any atom is -0.378 e. The molecule has 0 spiro atoms. The monoisotopic (exact) mass is 406 g/mol. The highest BCUT2D eigenvalue weighted by molar-refractivity contribution is 6.05. The summed E-state index contributed by atoms with van der Waals surface area (Å²) in [4.78, 5) is 38.9.